The molecule has 3 aromatic carbocycles. The van der Waals surface area contributed by atoms with Gasteiger partial charge in [-0.3, -0.25) is 4.72 Å². The molecule has 1 aliphatic rings. The van der Waals surface area contributed by atoms with Gasteiger partial charge in [-0.25, -0.2) is 13.2 Å². The van der Waals surface area contributed by atoms with E-state index in [-0.39, 0.29) is 5.75 Å². The summed E-state index contributed by atoms with van der Waals surface area (Å²) in [5.41, 5.74) is 7.47. The number of anilines is 1. The third-order valence-electron chi connectivity index (χ3n) is 6.56. The van der Waals surface area contributed by atoms with Crippen molar-refractivity contribution in [3.8, 4) is 22.3 Å². The molecule has 0 amide bonds. The Morgan fingerprint density at radius 3 is 2.17 bits per heavy atom. The zero-order chi connectivity index (χ0) is 26.6. The molecule has 0 saturated heterocycles. The van der Waals surface area contributed by atoms with Crippen molar-refractivity contribution in [2.24, 2.45) is 0 Å². The van der Waals surface area contributed by atoms with Gasteiger partial charge < -0.3 is 9.84 Å². The molecule has 0 saturated carbocycles. The van der Waals surface area contributed by atoms with Crippen LogP contribution in [0.15, 0.2) is 42.5 Å². The van der Waals surface area contributed by atoms with Crippen LogP contribution in [0.1, 0.15) is 60.3 Å². The van der Waals surface area contributed by atoms with Crippen LogP contribution < -0.4 is 4.72 Å². The van der Waals surface area contributed by atoms with Crippen molar-refractivity contribution in [2.75, 3.05) is 4.72 Å². The van der Waals surface area contributed by atoms with E-state index in [4.69, 9.17) is 4.74 Å². The van der Waals surface area contributed by atoms with Crippen molar-refractivity contribution in [3.05, 3.63) is 75.8 Å². The van der Waals surface area contributed by atoms with Crippen molar-refractivity contribution in [1.82, 2.24) is 0 Å². The molecular formula is C29H33NO5S. The number of ether oxygens (including phenoxy) is 1. The molecule has 36 heavy (non-hydrogen) atoms. The molecule has 1 heterocycles. The average molecular weight is 508 g/mol. The van der Waals surface area contributed by atoms with Crippen molar-refractivity contribution < 1.29 is 23.1 Å². The van der Waals surface area contributed by atoms with Crippen LogP contribution in [0.5, 0.6) is 0 Å². The fourth-order valence-corrected chi connectivity index (χ4v) is 6.36. The standard InChI is InChI=1S/C29H33NO5S/c1-16-11-13-20(14-12-16)23-18(3)24-22-17(2)9-8-10-21(22)15-36(33,34)30-26(24)19(4)25(23)27(28(31)32)35-29(5,6)7/h8-14,27,30H,15H2,1-7H3,(H,31,32)/t27-/m0/s1. The van der Waals surface area contributed by atoms with Crippen LogP contribution in [0.2, 0.25) is 0 Å². The first-order valence-corrected chi connectivity index (χ1v) is 13.6. The number of aryl methyl sites for hydroxylation is 2. The van der Waals surface area contributed by atoms with E-state index < -0.39 is 27.7 Å². The summed E-state index contributed by atoms with van der Waals surface area (Å²) in [6.45, 7) is 13.1. The smallest absolute Gasteiger partial charge is 0.337 e. The molecule has 2 N–H and O–H groups in total. The molecule has 0 fully saturated rings. The average Bonchev–Trinajstić information content (AvgIpc) is 2.88. The van der Waals surface area contributed by atoms with Gasteiger partial charge in [0.05, 0.1) is 17.0 Å². The lowest BCUT2D eigenvalue weighted by Gasteiger charge is -2.31. The quantitative estimate of drug-likeness (QED) is 0.423. The number of aliphatic carboxylic acids is 1. The van der Waals surface area contributed by atoms with Gasteiger partial charge in [-0.1, -0.05) is 48.0 Å². The van der Waals surface area contributed by atoms with Crippen LogP contribution in [0.25, 0.3) is 22.3 Å². The van der Waals surface area contributed by atoms with Gasteiger partial charge in [-0.05, 0) is 87.4 Å². The molecule has 1 aliphatic heterocycles. The molecule has 7 heteroatoms. The van der Waals surface area contributed by atoms with Crippen molar-refractivity contribution in [2.45, 2.75) is 65.9 Å². The summed E-state index contributed by atoms with van der Waals surface area (Å²) >= 11 is 0. The fourth-order valence-electron chi connectivity index (χ4n) is 5.07. The Morgan fingerprint density at radius 1 is 0.944 bits per heavy atom. The lowest BCUT2D eigenvalue weighted by molar-refractivity contribution is -0.160. The number of carbonyl (C=O) groups is 1. The Bertz CT molecular complexity index is 1470. The van der Waals surface area contributed by atoms with Gasteiger partial charge in [-0.15, -0.1) is 0 Å². The molecular weight excluding hydrogens is 474 g/mol. The van der Waals surface area contributed by atoms with E-state index in [1.54, 1.807) is 6.92 Å². The fraction of sp³-hybridized carbons (Fsp3) is 0.345. The Morgan fingerprint density at radius 2 is 1.58 bits per heavy atom. The summed E-state index contributed by atoms with van der Waals surface area (Å²) in [5.74, 6) is -1.29. The minimum Gasteiger partial charge on any atom is -0.479 e. The van der Waals surface area contributed by atoms with Crippen LogP contribution in [0.3, 0.4) is 0 Å². The first-order valence-electron chi connectivity index (χ1n) is 11.9. The Hall–Kier alpha value is -3.16. The highest BCUT2D eigenvalue weighted by molar-refractivity contribution is 7.92. The van der Waals surface area contributed by atoms with Gasteiger partial charge in [0.1, 0.15) is 0 Å². The maximum Gasteiger partial charge on any atom is 0.337 e. The van der Waals surface area contributed by atoms with Gasteiger partial charge in [0.25, 0.3) is 0 Å². The summed E-state index contributed by atoms with van der Waals surface area (Å²) in [7, 11) is -3.72. The third-order valence-corrected chi connectivity index (χ3v) is 7.76. The number of hydrogen-bond donors (Lipinski definition) is 2. The highest BCUT2D eigenvalue weighted by atomic mass is 32.2. The van der Waals surface area contributed by atoms with E-state index in [0.29, 0.717) is 22.4 Å². The summed E-state index contributed by atoms with van der Waals surface area (Å²) < 4.78 is 35.2. The van der Waals surface area contributed by atoms with Crippen molar-refractivity contribution >= 4 is 21.7 Å². The Balaban J connectivity index is 2.21. The van der Waals surface area contributed by atoms with Crippen LogP contribution in [0.4, 0.5) is 5.69 Å². The number of fused-ring (bicyclic) bond motifs is 3. The molecule has 0 unspecified atom stereocenters. The number of carboxylic acid groups (broad SMARTS) is 1. The lowest BCUT2D eigenvalue weighted by Crippen LogP contribution is -2.29. The van der Waals surface area contributed by atoms with Crippen molar-refractivity contribution in [1.29, 1.82) is 0 Å². The number of benzene rings is 3. The largest absolute Gasteiger partial charge is 0.479 e. The molecule has 0 radical (unpaired) electrons. The van der Waals surface area contributed by atoms with E-state index >= 15 is 0 Å². The summed E-state index contributed by atoms with van der Waals surface area (Å²) in [4.78, 5) is 12.6. The minimum absolute atomic E-state index is 0.159. The van der Waals surface area contributed by atoms with E-state index in [1.807, 2.05) is 84.0 Å². The molecule has 3 aromatic rings. The van der Waals surface area contributed by atoms with Gasteiger partial charge in [0.15, 0.2) is 6.10 Å². The van der Waals surface area contributed by atoms with Gasteiger partial charge in [0, 0.05) is 11.1 Å². The molecule has 6 nitrogen and oxygen atoms in total. The van der Waals surface area contributed by atoms with Crippen LogP contribution in [-0.2, 0) is 25.3 Å². The van der Waals surface area contributed by atoms with E-state index in [2.05, 4.69) is 4.72 Å². The summed E-state index contributed by atoms with van der Waals surface area (Å²) in [6.07, 6.45) is -1.30. The summed E-state index contributed by atoms with van der Waals surface area (Å²) in [6, 6.07) is 13.6. The Kier molecular flexibility index (Phi) is 6.52. The second-order valence-electron chi connectivity index (χ2n) is 10.6. The molecule has 0 aromatic heterocycles. The maximum atomic E-state index is 13.1. The molecule has 0 aliphatic carbocycles. The Labute approximate surface area is 213 Å². The highest BCUT2D eigenvalue weighted by Crippen LogP contribution is 2.49. The van der Waals surface area contributed by atoms with Gasteiger partial charge in [-0.2, -0.15) is 0 Å². The monoisotopic (exact) mass is 507 g/mol. The number of carboxylic acids is 1. The maximum absolute atomic E-state index is 13.1. The van der Waals surface area contributed by atoms with Crippen molar-refractivity contribution in [3.63, 3.8) is 0 Å². The number of hydrogen-bond acceptors (Lipinski definition) is 4. The van der Waals surface area contributed by atoms with Crippen LogP contribution in [0, 0.1) is 27.7 Å². The molecule has 190 valence electrons. The third kappa shape index (κ3) is 4.77. The predicted molar refractivity (Wildman–Crippen MR) is 144 cm³/mol. The first-order chi connectivity index (χ1) is 16.7. The van der Waals surface area contributed by atoms with Gasteiger partial charge in [0.2, 0.25) is 10.0 Å². The number of sulfonamides is 1. The number of nitrogens with one attached hydrogen (secondary N) is 1. The van der Waals surface area contributed by atoms with E-state index in [9.17, 15) is 18.3 Å². The molecule has 0 bridgehead atoms. The second-order valence-corrected chi connectivity index (χ2v) is 12.3. The van der Waals surface area contributed by atoms with Crippen LogP contribution >= 0.6 is 0 Å². The normalized spacial score (nSPS) is 15.3. The van der Waals surface area contributed by atoms with E-state index in [0.717, 1.165) is 38.9 Å². The SMILES string of the molecule is Cc1ccc(-c2c(C)c3c(c(C)c2[C@H](OC(C)(C)C)C(=O)O)NS(=O)(=O)Cc2cccc(C)c2-3)cc1. The highest BCUT2D eigenvalue weighted by Gasteiger charge is 2.36. The minimum atomic E-state index is -3.72. The van der Waals surface area contributed by atoms with E-state index in [1.165, 1.54) is 0 Å². The predicted octanol–water partition coefficient (Wildman–Crippen LogP) is 6.45. The summed E-state index contributed by atoms with van der Waals surface area (Å²) in [5, 5.41) is 10.3. The molecule has 0 spiro atoms. The van der Waals surface area contributed by atoms with Crippen LogP contribution in [-0.4, -0.2) is 25.1 Å². The number of rotatable bonds is 4. The first kappa shape index (κ1) is 25.9. The zero-order valence-corrected chi connectivity index (χ0v) is 22.6. The topological polar surface area (TPSA) is 92.7 Å². The second kappa shape index (κ2) is 9.05. The molecule has 1 atom stereocenters. The zero-order valence-electron chi connectivity index (χ0n) is 21.8. The van der Waals surface area contributed by atoms with Gasteiger partial charge >= 0.3 is 5.97 Å². The lowest BCUT2D eigenvalue weighted by atomic mass is 9.81. The molecule has 4 rings (SSSR count).